The molecule has 30 heavy (non-hydrogen) atoms. The van der Waals surface area contributed by atoms with Crippen LogP contribution in [0.4, 0.5) is 5.69 Å². The highest BCUT2D eigenvalue weighted by molar-refractivity contribution is 5.89. The lowest BCUT2D eigenvalue weighted by Gasteiger charge is -2.18. The van der Waals surface area contributed by atoms with Crippen molar-refractivity contribution in [3.05, 3.63) is 95.7 Å². The monoisotopic (exact) mass is 395 g/mol. The summed E-state index contributed by atoms with van der Waals surface area (Å²) in [5.41, 5.74) is 7.28. The molecule has 0 radical (unpaired) electrons. The first-order valence-electron chi connectivity index (χ1n) is 9.87. The molecule has 0 saturated carbocycles. The van der Waals surface area contributed by atoms with E-state index in [1.165, 1.54) is 12.7 Å². The van der Waals surface area contributed by atoms with E-state index in [0.717, 1.165) is 47.0 Å². The fourth-order valence-electron chi connectivity index (χ4n) is 3.90. The van der Waals surface area contributed by atoms with E-state index in [0.29, 0.717) is 5.56 Å². The zero-order chi connectivity index (χ0) is 20.5. The van der Waals surface area contributed by atoms with E-state index >= 15 is 0 Å². The number of hydrogen-bond donors (Lipinski definition) is 1. The number of hydrogen-bond acceptors (Lipinski definition) is 4. The number of anilines is 1. The van der Waals surface area contributed by atoms with E-state index < -0.39 is 0 Å². The number of nitrogens with zero attached hydrogens (tertiary/aromatic N) is 2. The predicted molar refractivity (Wildman–Crippen MR) is 117 cm³/mol. The van der Waals surface area contributed by atoms with Gasteiger partial charge in [-0.1, -0.05) is 48.5 Å². The maximum atomic E-state index is 11.8. The van der Waals surface area contributed by atoms with Crippen LogP contribution in [0, 0.1) is 0 Å². The first kappa shape index (κ1) is 18.2. The molecule has 0 spiro atoms. The van der Waals surface area contributed by atoms with E-state index in [2.05, 4.69) is 39.1 Å². The third kappa shape index (κ3) is 3.35. The van der Waals surface area contributed by atoms with E-state index in [-0.39, 0.29) is 5.97 Å². The second-order valence-electron chi connectivity index (χ2n) is 7.39. The van der Waals surface area contributed by atoms with Crippen LogP contribution < -0.4 is 4.90 Å². The summed E-state index contributed by atoms with van der Waals surface area (Å²) in [6, 6.07) is 24.3. The van der Waals surface area contributed by atoms with Gasteiger partial charge in [0.25, 0.3) is 0 Å². The van der Waals surface area contributed by atoms with Crippen LogP contribution in [0.3, 0.4) is 0 Å². The summed E-state index contributed by atoms with van der Waals surface area (Å²) in [6.45, 7) is 1.58. The van der Waals surface area contributed by atoms with Crippen molar-refractivity contribution in [2.24, 2.45) is 0 Å². The average Bonchev–Trinajstić information content (AvgIpc) is 3.46. The molecule has 1 aliphatic rings. The van der Waals surface area contributed by atoms with Gasteiger partial charge in [0.15, 0.2) is 0 Å². The molecule has 5 nitrogen and oxygen atoms in total. The number of imidazole rings is 1. The van der Waals surface area contributed by atoms with Gasteiger partial charge in [0.05, 0.1) is 24.6 Å². The lowest BCUT2D eigenvalue weighted by molar-refractivity contribution is 0.0600. The molecule has 5 heteroatoms. The number of methoxy groups -OCH3 is 1. The molecule has 1 aliphatic heterocycles. The molecule has 0 unspecified atom stereocenters. The Hall–Kier alpha value is -3.86. The van der Waals surface area contributed by atoms with Crippen molar-refractivity contribution in [1.82, 2.24) is 9.97 Å². The summed E-state index contributed by atoms with van der Waals surface area (Å²) in [5.74, 6) is 0.562. The van der Waals surface area contributed by atoms with Gasteiger partial charge in [0.1, 0.15) is 5.82 Å². The molecular formula is C25H21N3O2. The summed E-state index contributed by atoms with van der Waals surface area (Å²) >= 11 is 0. The van der Waals surface area contributed by atoms with Crippen molar-refractivity contribution < 1.29 is 9.53 Å². The minimum atomic E-state index is -0.299. The third-order valence-corrected chi connectivity index (χ3v) is 5.50. The van der Waals surface area contributed by atoms with Gasteiger partial charge in [0.2, 0.25) is 0 Å². The van der Waals surface area contributed by atoms with Crippen LogP contribution >= 0.6 is 0 Å². The number of aromatic nitrogens is 2. The highest BCUT2D eigenvalue weighted by Crippen LogP contribution is 2.32. The van der Waals surface area contributed by atoms with Crippen molar-refractivity contribution in [3.8, 4) is 22.6 Å². The molecule has 148 valence electrons. The quantitative estimate of drug-likeness (QED) is 0.491. The van der Waals surface area contributed by atoms with E-state index in [1.807, 2.05) is 54.7 Å². The number of fused-ring (bicyclic) bond motifs is 1. The molecular weight excluding hydrogens is 374 g/mol. The number of ether oxygens (including phenoxy) is 1. The van der Waals surface area contributed by atoms with Crippen molar-refractivity contribution in [3.63, 3.8) is 0 Å². The molecule has 0 atom stereocenters. The standard InChI is InChI=1S/C25H21N3O2/c1-30-25(29)19-10-11-20-15-28(16-21(20)12-19)22-9-5-8-18(13-22)23-14-26-24(27-23)17-6-3-2-4-7-17/h2-14H,15-16H2,1H3,(H,26,27). The topological polar surface area (TPSA) is 58.2 Å². The fourth-order valence-corrected chi connectivity index (χ4v) is 3.90. The molecule has 0 amide bonds. The third-order valence-electron chi connectivity index (χ3n) is 5.50. The molecule has 0 bridgehead atoms. The van der Waals surface area contributed by atoms with Gasteiger partial charge in [-0.25, -0.2) is 9.78 Å². The first-order chi connectivity index (χ1) is 14.7. The molecule has 0 saturated heterocycles. The summed E-state index contributed by atoms with van der Waals surface area (Å²) < 4.78 is 4.84. The average molecular weight is 395 g/mol. The smallest absolute Gasteiger partial charge is 0.337 e. The number of carbonyl (C=O) groups is 1. The second-order valence-corrected chi connectivity index (χ2v) is 7.39. The van der Waals surface area contributed by atoms with Gasteiger partial charge < -0.3 is 14.6 Å². The Balaban J connectivity index is 1.39. The van der Waals surface area contributed by atoms with Crippen LogP contribution in [-0.2, 0) is 17.8 Å². The normalized spacial score (nSPS) is 12.6. The van der Waals surface area contributed by atoms with Gasteiger partial charge in [-0.15, -0.1) is 0 Å². The van der Waals surface area contributed by atoms with Crippen molar-refractivity contribution in [2.45, 2.75) is 13.1 Å². The number of esters is 1. The highest BCUT2D eigenvalue weighted by Gasteiger charge is 2.21. The number of nitrogens with one attached hydrogen (secondary N) is 1. The number of aromatic amines is 1. The Morgan fingerprint density at radius 1 is 0.933 bits per heavy atom. The van der Waals surface area contributed by atoms with Gasteiger partial charge in [-0.3, -0.25) is 0 Å². The number of carbonyl (C=O) groups excluding carboxylic acids is 1. The lowest BCUT2D eigenvalue weighted by Crippen LogP contribution is -2.14. The zero-order valence-electron chi connectivity index (χ0n) is 16.6. The Kier molecular flexibility index (Phi) is 4.56. The molecule has 0 fully saturated rings. The Labute approximate surface area is 175 Å². The second kappa shape index (κ2) is 7.52. The van der Waals surface area contributed by atoms with E-state index in [9.17, 15) is 4.79 Å². The minimum absolute atomic E-state index is 0.299. The number of benzene rings is 3. The van der Waals surface area contributed by atoms with Crippen LogP contribution in [-0.4, -0.2) is 23.0 Å². The highest BCUT2D eigenvalue weighted by atomic mass is 16.5. The van der Waals surface area contributed by atoms with Crippen LogP contribution in [0.25, 0.3) is 22.6 Å². The van der Waals surface area contributed by atoms with Crippen LogP contribution in [0.15, 0.2) is 79.0 Å². The molecule has 3 aromatic carbocycles. The van der Waals surface area contributed by atoms with Gasteiger partial charge >= 0.3 is 5.97 Å². The van der Waals surface area contributed by atoms with Crippen molar-refractivity contribution in [1.29, 1.82) is 0 Å². The van der Waals surface area contributed by atoms with E-state index in [4.69, 9.17) is 4.74 Å². The molecule has 5 rings (SSSR count). The molecule has 2 heterocycles. The maximum absolute atomic E-state index is 11.8. The molecule has 4 aromatic rings. The zero-order valence-corrected chi connectivity index (χ0v) is 16.6. The Morgan fingerprint density at radius 2 is 1.73 bits per heavy atom. The fraction of sp³-hybridized carbons (Fsp3) is 0.120. The SMILES string of the molecule is COC(=O)c1ccc2c(c1)CN(c1cccc(-c3cnc(-c4ccccc4)[nH]3)c1)C2. The molecule has 1 aromatic heterocycles. The van der Waals surface area contributed by atoms with Crippen molar-refractivity contribution >= 4 is 11.7 Å². The predicted octanol–water partition coefficient (Wildman–Crippen LogP) is 5.05. The van der Waals surface area contributed by atoms with Crippen LogP contribution in [0.2, 0.25) is 0 Å². The number of H-pyrrole nitrogens is 1. The van der Waals surface area contributed by atoms with Crippen molar-refractivity contribution in [2.75, 3.05) is 12.0 Å². The summed E-state index contributed by atoms with van der Waals surface area (Å²) in [4.78, 5) is 22.1. The maximum Gasteiger partial charge on any atom is 0.337 e. The van der Waals surface area contributed by atoms with Crippen LogP contribution in [0.1, 0.15) is 21.5 Å². The van der Waals surface area contributed by atoms with Crippen LogP contribution in [0.5, 0.6) is 0 Å². The number of rotatable bonds is 4. The Morgan fingerprint density at radius 3 is 2.57 bits per heavy atom. The van der Waals surface area contributed by atoms with Gasteiger partial charge in [-0.05, 0) is 35.4 Å². The summed E-state index contributed by atoms with van der Waals surface area (Å²) in [6.07, 6.45) is 1.88. The van der Waals surface area contributed by atoms with Gasteiger partial charge in [0, 0.05) is 29.9 Å². The molecule has 1 N–H and O–H groups in total. The minimum Gasteiger partial charge on any atom is -0.465 e. The summed E-state index contributed by atoms with van der Waals surface area (Å²) in [5, 5.41) is 0. The van der Waals surface area contributed by atoms with Gasteiger partial charge in [-0.2, -0.15) is 0 Å². The first-order valence-corrected chi connectivity index (χ1v) is 9.87. The lowest BCUT2D eigenvalue weighted by atomic mass is 10.1. The largest absolute Gasteiger partial charge is 0.465 e. The molecule has 0 aliphatic carbocycles. The summed E-state index contributed by atoms with van der Waals surface area (Å²) in [7, 11) is 1.41. The Bertz CT molecular complexity index is 1210. The van der Waals surface area contributed by atoms with E-state index in [1.54, 1.807) is 0 Å².